The van der Waals surface area contributed by atoms with Crippen molar-refractivity contribution < 1.29 is 0 Å². The van der Waals surface area contributed by atoms with Gasteiger partial charge in [0.15, 0.2) is 0 Å². The number of rotatable bonds is 1. The summed E-state index contributed by atoms with van der Waals surface area (Å²) < 4.78 is 0. The third-order valence-corrected chi connectivity index (χ3v) is 5.43. The molecule has 1 aromatic heterocycles. The molecule has 0 bridgehead atoms. The van der Waals surface area contributed by atoms with Crippen molar-refractivity contribution in [2.45, 2.75) is 57.4 Å². The summed E-state index contributed by atoms with van der Waals surface area (Å²) in [4.78, 5) is 7.36. The predicted octanol–water partition coefficient (Wildman–Crippen LogP) is 3.21. The molecule has 1 saturated heterocycles. The fourth-order valence-corrected chi connectivity index (χ4v) is 4.43. The van der Waals surface area contributed by atoms with Gasteiger partial charge < -0.3 is 4.90 Å². The maximum Gasteiger partial charge on any atom is 0.147 e. The molecule has 0 radical (unpaired) electrons. The first kappa shape index (κ1) is 12.2. The number of fused-ring (bicyclic) bond motifs is 2. The van der Waals surface area contributed by atoms with Crippen molar-refractivity contribution in [3.05, 3.63) is 22.9 Å². The van der Waals surface area contributed by atoms with Gasteiger partial charge in [0.25, 0.3) is 0 Å². The number of nitriles is 1. The third-order valence-electron chi connectivity index (χ3n) is 5.43. The number of hydrogen-bond acceptors (Lipinski definition) is 3. The van der Waals surface area contributed by atoms with Gasteiger partial charge in [-0.25, -0.2) is 4.98 Å². The van der Waals surface area contributed by atoms with Gasteiger partial charge >= 0.3 is 0 Å². The molecule has 2 heterocycles. The molecule has 0 N–H and O–H groups in total. The van der Waals surface area contributed by atoms with Crippen molar-refractivity contribution in [3.63, 3.8) is 0 Å². The minimum Gasteiger partial charge on any atom is -0.352 e. The molecule has 104 valence electrons. The Hall–Kier alpha value is -1.56. The van der Waals surface area contributed by atoms with E-state index >= 15 is 0 Å². The van der Waals surface area contributed by atoms with Crippen LogP contribution in [0.2, 0.25) is 0 Å². The molecule has 1 aromatic rings. The minimum atomic E-state index is 0.641. The molecular weight excluding hydrogens is 246 g/mol. The quantitative estimate of drug-likeness (QED) is 0.784. The van der Waals surface area contributed by atoms with Crippen LogP contribution in [-0.4, -0.2) is 17.6 Å². The Morgan fingerprint density at radius 2 is 2.05 bits per heavy atom. The zero-order valence-corrected chi connectivity index (χ0v) is 11.9. The number of nitrogens with zero attached hydrogens (tertiary/aromatic N) is 3. The van der Waals surface area contributed by atoms with E-state index in [4.69, 9.17) is 4.98 Å². The fourth-order valence-electron chi connectivity index (χ4n) is 4.43. The highest BCUT2D eigenvalue weighted by molar-refractivity contribution is 5.58. The van der Waals surface area contributed by atoms with E-state index in [9.17, 15) is 5.26 Å². The summed E-state index contributed by atoms with van der Waals surface area (Å²) in [6.07, 6.45) is 10.1. The lowest BCUT2D eigenvalue weighted by atomic mass is 9.85. The normalized spacial score (nSPS) is 28.1. The average Bonchev–Trinajstić information content (AvgIpc) is 3.11. The zero-order valence-electron chi connectivity index (χ0n) is 11.9. The molecule has 1 aliphatic heterocycles. The second-order valence-corrected chi connectivity index (χ2v) is 6.52. The van der Waals surface area contributed by atoms with Crippen molar-refractivity contribution >= 4 is 5.82 Å². The van der Waals surface area contributed by atoms with Gasteiger partial charge in [0.1, 0.15) is 11.9 Å². The predicted molar refractivity (Wildman–Crippen MR) is 78.7 cm³/mol. The van der Waals surface area contributed by atoms with Gasteiger partial charge in [-0.05, 0) is 56.1 Å². The van der Waals surface area contributed by atoms with E-state index < -0.39 is 0 Å². The van der Waals surface area contributed by atoms with Gasteiger partial charge in [0.2, 0.25) is 0 Å². The molecule has 0 aromatic carbocycles. The monoisotopic (exact) mass is 267 g/mol. The first-order valence-corrected chi connectivity index (χ1v) is 8.06. The molecule has 3 aliphatic rings. The van der Waals surface area contributed by atoms with E-state index in [-0.39, 0.29) is 0 Å². The lowest BCUT2D eigenvalue weighted by molar-refractivity contribution is 0.341. The van der Waals surface area contributed by atoms with Crippen molar-refractivity contribution in [3.8, 4) is 6.07 Å². The van der Waals surface area contributed by atoms with E-state index in [2.05, 4.69) is 17.0 Å². The SMILES string of the molecule is N#Cc1cc2c(nc1N1CCC3CCCCC31)CCC2. The topological polar surface area (TPSA) is 39.9 Å². The van der Waals surface area contributed by atoms with Crippen LogP contribution in [0, 0.1) is 17.2 Å². The number of aryl methyl sites for hydroxylation is 2. The lowest BCUT2D eigenvalue weighted by Crippen LogP contribution is -2.35. The Bertz CT molecular complexity index is 572. The van der Waals surface area contributed by atoms with Crippen LogP contribution in [0.3, 0.4) is 0 Å². The Morgan fingerprint density at radius 3 is 2.95 bits per heavy atom. The van der Waals surface area contributed by atoms with Gasteiger partial charge in [0.05, 0.1) is 5.56 Å². The summed E-state index contributed by atoms with van der Waals surface area (Å²) in [6.45, 7) is 1.09. The Morgan fingerprint density at radius 1 is 1.15 bits per heavy atom. The summed E-state index contributed by atoms with van der Waals surface area (Å²) in [5.41, 5.74) is 3.36. The van der Waals surface area contributed by atoms with Crippen molar-refractivity contribution in [2.75, 3.05) is 11.4 Å². The van der Waals surface area contributed by atoms with Crippen LogP contribution in [-0.2, 0) is 12.8 Å². The Kier molecular flexibility index (Phi) is 2.91. The zero-order chi connectivity index (χ0) is 13.5. The van der Waals surface area contributed by atoms with Crippen LogP contribution < -0.4 is 4.90 Å². The van der Waals surface area contributed by atoms with Crippen LogP contribution in [0.15, 0.2) is 6.07 Å². The molecule has 0 spiro atoms. The van der Waals surface area contributed by atoms with E-state index in [1.165, 1.54) is 49.8 Å². The first-order valence-electron chi connectivity index (χ1n) is 8.06. The largest absolute Gasteiger partial charge is 0.352 e. The molecule has 3 nitrogen and oxygen atoms in total. The second-order valence-electron chi connectivity index (χ2n) is 6.52. The van der Waals surface area contributed by atoms with Crippen LogP contribution in [0.5, 0.6) is 0 Å². The maximum absolute atomic E-state index is 9.49. The standard InChI is InChI=1S/C17H21N3/c18-11-14-10-13-5-3-6-15(13)19-17(14)20-9-8-12-4-1-2-7-16(12)20/h10,12,16H,1-9H2. The van der Waals surface area contributed by atoms with E-state index in [1.807, 2.05) is 0 Å². The van der Waals surface area contributed by atoms with Crippen molar-refractivity contribution in [2.24, 2.45) is 5.92 Å². The molecule has 3 heteroatoms. The van der Waals surface area contributed by atoms with Crippen molar-refractivity contribution in [1.82, 2.24) is 4.98 Å². The number of hydrogen-bond donors (Lipinski definition) is 0. The van der Waals surface area contributed by atoms with Gasteiger partial charge in [-0.3, -0.25) is 0 Å². The van der Waals surface area contributed by atoms with Gasteiger partial charge in [-0.15, -0.1) is 0 Å². The summed E-state index contributed by atoms with van der Waals surface area (Å²) in [7, 11) is 0. The Balaban J connectivity index is 1.73. The molecule has 20 heavy (non-hydrogen) atoms. The Labute approximate surface area is 120 Å². The number of aromatic nitrogens is 1. The molecule has 0 amide bonds. The maximum atomic E-state index is 9.49. The van der Waals surface area contributed by atoms with Crippen molar-refractivity contribution in [1.29, 1.82) is 5.26 Å². The molecule has 2 unspecified atom stereocenters. The van der Waals surface area contributed by atoms with E-state index in [0.717, 1.165) is 36.7 Å². The van der Waals surface area contributed by atoms with Gasteiger partial charge in [-0.1, -0.05) is 12.8 Å². The number of anilines is 1. The van der Waals surface area contributed by atoms with Crippen LogP contribution in [0.4, 0.5) is 5.82 Å². The molecule has 2 fully saturated rings. The van der Waals surface area contributed by atoms with Crippen LogP contribution in [0.25, 0.3) is 0 Å². The molecule has 2 atom stereocenters. The third kappa shape index (κ3) is 1.82. The highest BCUT2D eigenvalue weighted by atomic mass is 15.2. The smallest absolute Gasteiger partial charge is 0.147 e. The van der Waals surface area contributed by atoms with E-state index in [0.29, 0.717) is 6.04 Å². The molecular formula is C17H21N3. The van der Waals surface area contributed by atoms with E-state index in [1.54, 1.807) is 0 Å². The average molecular weight is 267 g/mol. The first-order chi connectivity index (χ1) is 9.86. The van der Waals surface area contributed by atoms with Gasteiger partial charge in [-0.2, -0.15) is 5.26 Å². The minimum absolute atomic E-state index is 0.641. The summed E-state index contributed by atoms with van der Waals surface area (Å²) in [5, 5.41) is 9.49. The second kappa shape index (κ2) is 4.77. The van der Waals surface area contributed by atoms with Crippen LogP contribution >= 0.6 is 0 Å². The highest BCUT2D eigenvalue weighted by Gasteiger charge is 2.37. The lowest BCUT2D eigenvalue weighted by Gasteiger charge is -2.33. The summed E-state index contributed by atoms with van der Waals surface area (Å²) in [6, 6.07) is 5.15. The summed E-state index contributed by atoms with van der Waals surface area (Å²) >= 11 is 0. The summed E-state index contributed by atoms with van der Waals surface area (Å²) in [5.74, 6) is 1.83. The molecule has 4 rings (SSSR count). The van der Waals surface area contributed by atoms with Gasteiger partial charge in [0, 0.05) is 18.3 Å². The van der Waals surface area contributed by atoms with Crippen LogP contribution in [0.1, 0.15) is 55.3 Å². The fraction of sp³-hybridized carbons (Fsp3) is 0.647. The molecule has 1 saturated carbocycles. The molecule has 2 aliphatic carbocycles. The highest BCUT2D eigenvalue weighted by Crippen LogP contribution is 2.40. The number of pyridine rings is 1.